The van der Waals surface area contributed by atoms with Gasteiger partial charge < -0.3 is 14.5 Å². The van der Waals surface area contributed by atoms with Crippen molar-refractivity contribution >= 4 is 11.8 Å². The molecule has 3 fully saturated rings. The van der Waals surface area contributed by atoms with Crippen molar-refractivity contribution in [3.63, 3.8) is 0 Å². The normalized spacial score (nSPS) is 29.7. The Kier molecular flexibility index (Phi) is 5.79. The maximum absolute atomic E-state index is 13.0. The number of amides is 2. The number of rotatable bonds is 3. The number of likely N-dealkylation sites (tertiary alicyclic amines) is 1. The zero-order valence-corrected chi connectivity index (χ0v) is 15.4. The van der Waals surface area contributed by atoms with E-state index in [-0.39, 0.29) is 23.3 Å². The van der Waals surface area contributed by atoms with Crippen molar-refractivity contribution in [2.45, 2.75) is 37.6 Å². The second-order valence-electron chi connectivity index (χ2n) is 7.67. The first-order valence-electron chi connectivity index (χ1n) is 9.52. The Labute approximate surface area is 150 Å². The first kappa shape index (κ1) is 18.4. The number of carbonyl (C=O) groups is 2. The first-order chi connectivity index (χ1) is 12.1. The van der Waals surface area contributed by atoms with Gasteiger partial charge in [-0.1, -0.05) is 6.08 Å². The summed E-state index contributed by atoms with van der Waals surface area (Å²) in [5, 5.41) is 0. The van der Waals surface area contributed by atoms with Crippen LogP contribution in [-0.4, -0.2) is 85.0 Å². The topological polar surface area (TPSA) is 53.1 Å². The summed E-state index contributed by atoms with van der Waals surface area (Å²) in [6, 6.07) is 0. The quantitative estimate of drug-likeness (QED) is 0.717. The second-order valence-corrected chi connectivity index (χ2v) is 7.67. The van der Waals surface area contributed by atoms with Crippen molar-refractivity contribution in [1.82, 2.24) is 14.7 Å². The highest BCUT2D eigenvalue weighted by Gasteiger charge is 2.44. The van der Waals surface area contributed by atoms with E-state index in [0.29, 0.717) is 26.2 Å². The summed E-state index contributed by atoms with van der Waals surface area (Å²) in [7, 11) is 2.14. The van der Waals surface area contributed by atoms with E-state index in [9.17, 15) is 9.59 Å². The number of hydrogen-bond donors (Lipinski definition) is 0. The van der Waals surface area contributed by atoms with Crippen LogP contribution in [0.3, 0.4) is 0 Å². The highest BCUT2D eigenvalue weighted by Crippen LogP contribution is 2.33. The van der Waals surface area contributed by atoms with Crippen LogP contribution in [0.4, 0.5) is 0 Å². The second kappa shape index (κ2) is 7.87. The van der Waals surface area contributed by atoms with E-state index in [1.165, 1.54) is 0 Å². The van der Waals surface area contributed by atoms with E-state index in [1.54, 1.807) is 6.08 Å². The minimum Gasteiger partial charge on any atom is -0.381 e. The summed E-state index contributed by atoms with van der Waals surface area (Å²) in [6.45, 7) is 8.92. The van der Waals surface area contributed by atoms with E-state index < -0.39 is 0 Å². The largest absolute Gasteiger partial charge is 0.381 e. The molecule has 0 bridgehead atoms. The van der Waals surface area contributed by atoms with Crippen LogP contribution in [0.15, 0.2) is 12.7 Å². The van der Waals surface area contributed by atoms with Gasteiger partial charge in [-0.15, -0.1) is 6.58 Å². The first-order valence-corrected chi connectivity index (χ1v) is 9.52. The molecule has 0 aromatic heterocycles. The highest BCUT2D eigenvalue weighted by molar-refractivity contribution is 5.79. The molecule has 3 aliphatic heterocycles. The average Bonchev–Trinajstić information content (AvgIpc) is 2.79. The molecule has 6 nitrogen and oxygen atoms in total. The molecule has 0 saturated carbocycles. The number of hydrogen-bond acceptors (Lipinski definition) is 4. The van der Waals surface area contributed by atoms with Crippen LogP contribution in [0.5, 0.6) is 0 Å². The van der Waals surface area contributed by atoms with Gasteiger partial charge in [0.25, 0.3) is 0 Å². The molecule has 6 heteroatoms. The van der Waals surface area contributed by atoms with E-state index in [1.807, 2.05) is 4.90 Å². The number of carbonyl (C=O) groups excluding carboxylic acids is 2. The summed E-state index contributed by atoms with van der Waals surface area (Å²) in [6.07, 6.45) is 5.76. The molecule has 0 radical (unpaired) electrons. The van der Waals surface area contributed by atoms with Gasteiger partial charge in [0.2, 0.25) is 11.8 Å². The summed E-state index contributed by atoms with van der Waals surface area (Å²) in [5.41, 5.74) is -0.0787. The van der Waals surface area contributed by atoms with Gasteiger partial charge in [0.15, 0.2) is 0 Å². The van der Waals surface area contributed by atoms with Crippen LogP contribution >= 0.6 is 0 Å². The zero-order chi connectivity index (χ0) is 17.9. The van der Waals surface area contributed by atoms with E-state index in [4.69, 9.17) is 4.74 Å². The van der Waals surface area contributed by atoms with Crippen molar-refractivity contribution in [3.05, 3.63) is 12.7 Å². The summed E-state index contributed by atoms with van der Waals surface area (Å²) < 4.78 is 5.40. The van der Waals surface area contributed by atoms with Gasteiger partial charge in [0.1, 0.15) is 0 Å². The number of nitrogens with zero attached hydrogens (tertiary/aromatic N) is 3. The smallest absolute Gasteiger partial charge is 0.225 e. The molecular weight excluding hydrogens is 318 g/mol. The predicted octanol–water partition coefficient (Wildman–Crippen LogP) is 1.12. The van der Waals surface area contributed by atoms with Crippen molar-refractivity contribution < 1.29 is 14.3 Å². The molecule has 0 unspecified atom stereocenters. The fourth-order valence-corrected chi connectivity index (χ4v) is 4.43. The summed E-state index contributed by atoms with van der Waals surface area (Å²) in [5.74, 6) is 0.603. The third-order valence-electron chi connectivity index (χ3n) is 6.24. The lowest BCUT2D eigenvalue weighted by atomic mass is 9.85. The van der Waals surface area contributed by atoms with Crippen LogP contribution in [-0.2, 0) is 14.3 Å². The number of ether oxygens (including phenoxy) is 1. The van der Waals surface area contributed by atoms with Crippen molar-refractivity contribution in [2.75, 3.05) is 53.0 Å². The molecule has 3 rings (SSSR count). The molecule has 3 saturated heterocycles. The van der Waals surface area contributed by atoms with E-state index >= 15 is 0 Å². The molecule has 0 aromatic carbocycles. The Bertz CT molecular complexity index is 518. The van der Waals surface area contributed by atoms with Crippen LogP contribution in [0.25, 0.3) is 0 Å². The molecule has 3 aliphatic rings. The number of likely N-dealkylation sites (N-methyl/N-ethyl adjacent to an activating group) is 1. The predicted molar refractivity (Wildman–Crippen MR) is 96.1 cm³/mol. The molecule has 0 aliphatic carbocycles. The Balaban J connectivity index is 1.70. The third-order valence-corrected chi connectivity index (χ3v) is 6.24. The molecule has 1 spiro atoms. The minimum atomic E-state index is -0.0787. The van der Waals surface area contributed by atoms with Crippen LogP contribution in [0.1, 0.15) is 32.1 Å². The monoisotopic (exact) mass is 349 g/mol. The summed E-state index contributed by atoms with van der Waals surface area (Å²) in [4.78, 5) is 31.7. The lowest BCUT2D eigenvalue weighted by Gasteiger charge is -2.50. The SMILES string of the molecule is C=CCN1CC[C@]2(CCC1=O)CN(C(=O)C1CCOCC1)CCN2C. The Morgan fingerprint density at radius 3 is 2.76 bits per heavy atom. The Morgan fingerprint density at radius 1 is 1.28 bits per heavy atom. The zero-order valence-electron chi connectivity index (χ0n) is 15.4. The standard InChI is InChI=1S/C19H31N3O3/c1-3-9-21-10-8-19(7-4-17(21)23)15-22(12-11-20(19)2)18(24)16-5-13-25-14-6-16/h3,16H,1,4-15H2,2H3/t19-/m1/s1. The highest BCUT2D eigenvalue weighted by atomic mass is 16.5. The van der Waals surface area contributed by atoms with Crippen LogP contribution < -0.4 is 0 Å². The molecule has 2 amide bonds. The van der Waals surface area contributed by atoms with E-state index in [2.05, 4.69) is 23.4 Å². The third kappa shape index (κ3) is 3.90. The molecule has 0 aromatic rings. The van der Waals surface area contributed by atoms with Crippen molar-refractivity contribution in [2.24, 2.45) is 5.92 Å². The minimum absolute atomic E-state index is 0.0787. The average molecular weight is 349 g/mol. The van der Waals surface area contributed by atoms with Gasteiger partial charge in [-0.2, -0.15) is 0 Å². The van der Waals surface area contributed by atoms with Gasteiger partial charge in [-0.3, -0.25) is 14.5 Å². The van der Waals surface area contributed by atoms with Crippen LogP contribution in [0.2, 0.25) is 0 Å². The molecule has 25 heavy (non-hydrogen) atoms. The van der Waals surface area contributed by atoms with Crippen molar-refractivity contribution in [3.8, 4) is 0 Å². The van der Waals surface area contributed by atoms with Crippen LogP contribution in [0, 0.1) is 5.92 Å². The van der Waals surface area contributed by atoms with Gasteiger partial charge >= 0.3 is 0 Å². The maximum atomic E-state index is 13.0. The molecule has 1 atom stereocenters. The van der Waals surface area contributed by atoms with Gasteiger partial charge in [-0.05, 0) is 32.7 Å². The maximum Gasteiger partial charge on any atom is 0.225 e. The van der Waals surface area contributed by atoms with E-state index in [0.717, 1.165) is 51.9 Å². The fourth-order valence-electron chi connectivity index (χ4n) is 4.43. The molecule has 0 N–H and O–H groups in total. The summed E-state index contributed by atoms with van der Waals surface area (Å²) >= 11 is 0. The lowest BCUT2D eigenvalue weighted by Crippen LogP contribution is -2.63. The Morgan fingerprint density at radius 2 is 2.04 bits per heavy atom. The molecular formula is C19H31N3O3. The van der Waals surface area contributed by atoms with Crippen molar-refractivity contribution in [1.29, 1.82) is 0 Å². The Hall–Kier alpha value is -1.40. The lowest BCUT2D eigenvalue weighted by molar-refractivity contribution is -0.144. The molecule has 3 heterocycles. The molecule has 140 valence electrons. The number of piperazine rings is 1. The fraction of sp³-hybridized carbons (Fsp3) is 0.789. The van der Waals surface area contributed by atoms with Gasteiger partial charge in [-0.25, -0.2) is 0 Å². The van der Waals surface area contributed by atoms with Gasteiger partial charge in [0.05, 0.1) is 0 Å². The van der Waals surface area contributed by atoms with Gasteiger partial charge in [0, 0.05) is 63.8 Å².